The molecule has 98 valence electrons. The van der Waals surface area contributed by atoms with Crippen molar-refractivity contribution in [3.05, 3.63) is 0 Å². The molecule has 0 heterocycles. The van der Waals surface area contributed by atoms with Gasteiger partial charge in [-0.3, -0.25) is 4.79 Å². The quantitative estimate of drug-likeness (QED) is 0.813. The number of rotatable bonds is 5. The Morgan fingerprint density at radius 1 is 1.29 bits per heavy atom. The molecule has 0 amide bonds. The second-order valence-electron chi connectivity index (χ2n) is 5.42. The molecule has 0 bridgehead atoms. The number of hydrogen-bond acceptors (Lipinski definition) is 3. The topological polar surface area (TPSA) is 63.2 Å². The molecule has 1 N–H and O–H groups in total. The highest BCUT2D eigenvalue weighted by atomic mass is 32.2. The molecule has 17 heavy (non-hydrogen) atoms. The zero-order valence-corrected chi connectivity index (χ0v) is 11.3. The summed E-state index contributed by atoms with van der Waals surface area (Å²) in [5, 5.41) is -0.168. The summed E-state index contributed by atoms with van der Waals surface area (Å²) in [5.74, 6) is 0.594. The Balaban J connectivity index is 1.98. The molecule has 3 unspecified atom stereocenters. The highest BCUT2D eigenvalue weighted by molar-refractivity contribution is 7.90. The number of sulfonamides is 1. The van der Waals surface area contributed by atoms with Crippen LogP contribution in [-0.2, 0) is 14.8 Å². The highest BCUT2D eigenvalue weighted by Gasteiger charge is 2.41. The monoisotopic (exact) mass is 259 g/mol. The zero-order chi connectivity index (χ0) is 12.6. The molecule has 4 nitrogen and oxygen atoms in total. The summed E-state index contributed by atoms with van der Waals surface area (Å²) >= 11 is 0. The first-order chi connectivity index (χ1) is 7.94. The maximum absolute atomic E-state index is 11.8. The first kappa shape index (κ1) is 13.0. The van der Waals surface area contributed by atoms with Crippen molar-refractivity contribution in [2.75, 3.05) is 0 Å². The smallest absolute Gasteiger partial charge is 0.214 e. The minimum absolute atomic E-state index is 0.0283. The molecule has 0 spiro atoms. The van der Waals surface area contributed by atoms with Crippen molar-refractivity contribution < 1.29 is 13.2 Å². The molecule has 0 saturated heterocycles. The van der Waals surface area contributed by atoms with E-state index in [2.05, 4.69) is 11.6 Å². The Morgan fingerprint density at radius 2 is 1.94 bits per heavy atom. The van der Waals surface area contributed by atoms with Crippen molar-refractivity contribution in [3.63, 3.8) is 0 Å². The van der Waals surface area contributed by atoms with Gasteiger partial charge in [0.2, 0.25) is 10.0 Å². The lowest BCUT2D eigenvalue weighted by Gasteiger charge is -2.13. The third kappa shape index (κ3) is 2.88. The van der Waals surface area contributed by atoms with Crippen LogP contribution in [0.1, 0.15) is 46.0 Å². The first-order valence-corrected chi connectivity index (χ1v) is 8.00. The normalized spacial score (nSPS) is 33.9. The maximum atomic E-state index is 11.8. The molecule has 2 fully saturated rings. The van der Waals surface area contributed by atoms with E-state index in [0.29, 0.717) is 12.3 Å². The Hall–Kier alpha value is -0.420. The lowest BCUT2D eigenvalue weighted by molar-refractivity contribution is -0.121. The molecule has 2 aliphatic carbocycles. The van der Waals surface area contributed by atoms with Gasteiger partial charge in [0.05, 0.1) is 5.25 Å². The largest absolute Gasteiger partial charge is 0.300 e. The Kier molecular flexibility index (Phi) is 3.59. The van der Waals surface area contributed by atoms with Crippen LogP contribution >= 0.6 is 0 Å². The summed E-state index contributed by atoms with van der Waals surface area (Å²) in [5.41, 5.74) is 0. The first-order valence-electron chi connectivity index (χ1n) is 6.45. The van der Waals surface area contributed by atoms with Gasteiger partial charge in [-0.2, -0.15) is 0 Å². The van der Waals surface area contributed by atoms with Gasteiger partial charge < -0.3 is 0 Å². The minimum atomic E-state index is -3.11. The number of nitrogens with one attached hydrogen (secondary N) is 1. The van der Waals surface area contributed by atoms with Crippen LogP contribution in [0.5, 0.6) is 0 Å². The van der Waals surface area contributed by atoms with Gasteiger partial charge in [0, 0.05) is 12.0 Å². The standard InChI is InChI=1S/C12H21NO3S/c1-3-9-6-10(7-12(9)8(2)14)13-17(15,16)11-4-5-11/h9-13H,3-7H2,1-2H3. The molecule has 0 radical (unpaired) electrons. The maximum Gasteiger partial charge on any atom is 0.214 e. The van der Waals surface area contributed by atoms with Gasteiger partial charge in [0.15, 0.2) is 0 Å². The fourth-order valence-electron chi connectivity index (χ4n) is 2.88. The Morgan fingerprint density at radius 3 is 2.35 bits per heavy atom. The predicted molar refractivity (Wildman–Crippen MR) is 66.1 cm³/mol. The van der Waals surface area contributed by atoms with Crippen molar-refractivity contribution in [2.24, 2.45) is 11.8 Å². The summed E-state index contributed by atoms with van der Waals surface area (Å²) in [4.78, 5) is 11.5. The minimum Gasteiger partial charge on any atom is -0.300 e. The summed E-state index contributed by atoms with van der Waals surface area (Å²) < 4.78 is 26.4. The van der Waals surface area contributed by atoms with E-state index in [-0.39, 0.29) is 23.0 Å². The Bertz CT molecular complexity index is 400. The van der Waals surface area contributed by atoms with Crippen LogP contribution in [-0.4, -0.2) is 25.5 Å². The van der Waals surface area contributed by atoms with E-state index in [1.54, 1.807) is 6.92 Å². The lowest BCUT2D eigenvalue weighted by atomic mass is 9.91. The summed E-state index contributed by atoms with van der Waals surface area (Å²) in [6, 6.07) is -0.0283. The average molecular weight is 259 g/mol. The molecule has 0 aliphatic heterocycles. The van der Waals surface area contributed by atoms with Crippen LogP contribution in [0.4, 0.5) is 0 Å². The van der Waals surface area contributed by atoms with Crippen LogP contribution in [0.15, 0.2) is 0 Å². The number of carbonyl (C=O) groups excluding carboxylic acids is 1. The highest BCUT2D eigenvalue weighted by Crippen LogP contribution is 2.36. The SMILES string of the molecule is CCC1CC(NS(=O)(=O)C2CC2)CC1C(C)=O. The zero-order valence-electron chi connectivity index (χ0n) is 10.5. The van der Waals surface area contributed by atoms with E-state index in [0.717, 1.165) is 25.7 Å². The molecule has 0 aromatic carbocycles. The van der Waals surface area contributed by atoms with Gasteiger partial charge in [0.1, 0.15) is 5.78 Å². The van der Waals surface area contributed by atoms with E-state index >= 15 is 0 Å². The number of hydrogen-bond donors (Lipinski definition) is 1. The van der Waals surface area contributed by atoms with Gasteiger partial charge in [-0.1, -0.05) is 13.3 Å². The van der Waals surface area contributed by atoms with Crippen molar-refractivity contribution in [3.8, 4) is 0 Å². The molecule has 2 rings (SSSR count). The van der Waals surface area contributed by atoms with E-state index in [1.165, 1.54) is 0 Å². The number of ketones is 1. The molecular formula is C12H21NO3S. The molecule has 2 aliphatic rings. The van der Waals surface area contributed by atoms with Gasteiger partial charge in [-0.25, -0.2) is 13.1 Å². The molecule has 5 heteroatoms. The average Bonchev–Trinajstić information content (AvgIpc) is 3.01. The van der Waals surface area contributed by atoms with Gasteiger partial charge in [-0.05, 0) is 38.5 Å². The predicted octanol–water partition coefficient (Wildman–Crippen LogP) is 1.46. The molecule has 2 saturated carbocycles. The lowest BCUT2D eigenvalue weighted by Crippen LogP contribution is -2.35. The summed E-state index contributed by atoms with van der Waals surface area (Å²) in [6.07, 6.45) is 4.02. The molecular weight excluding hydrogens is 238 g/mol. The third-order valence-corrected chi connectivity index (χ3v) is 6.05. The van der Waals surface area contributed by atoms with Gasteiger partial charge >= 0.3 is 0 Å². The third-order valence-electron chi connectivity index (χ3n) is 4.04. The van der Waals surface area contributed by atoms with Gasteiger partial charge in [0.25, 0.3) is 0 Å². The molecule has 3 atom stereocenters. The van der Waals surface area contributed by atoms with Crippen molar-refractivity contribution in [1.82, 2.24) is 4.72 Å². The fourth-order valence-corrected chi connectivity index (χ4v) is 4.48. The van der Waals surface area contributed by atoms with Crippen LogP contribution in [0.25, 0.3) is 0 Å². The van der Waals surface area contributed by atoms with Crippen molar-refractivity contribution >= 4 is 15.8 Å². The van der Waals surface area contributed by atoms with Crippen LogP contribution in [0, 0.1) is 11.8 Å². The molecule has 0 aromatic heterocycles. The van der Waals surface area contributed by atoms with E-state index < -0.39 is 10.0 Å². The summed E-state index contributed by atoms with van der Waals surface area (Å²) in [7, 11) is -3.11. The number of Topliss-reactive ketones (excluding diaryl/α,β-unsaturated/α-hetero) is 1. The van der Waals surface area contributed by atoms with Crippen molar-refractivity contribution in [1.29, 1.82) is 0 Å². The second-order valence-corrected chi connectivity index (χ2v) is 7.41. The van der Waals surface area contributed by atoms with Crippen LogP contribution < -0.4 is 4.72 Å². The van der Waals surface area contributed by atoms with E-state index in [4.69, 9.17) is 0 Å². The van der Waals surface area contributed by atoms with Crippen LogP contribution in [0.3, 0.4) is 0 Å². The van der Waals surface area contributed by atoms with Gasteiger partial charge in [-0.15, -0.1) is 0 Å². The van der Waals surface area contributed by atoms with Crippen molar-refractivity contribution in [2.45, 2.75) is 57.2 Å². The second kappa shape index (κ2) is 4.69. The molecule has 0 aromatic rings. The van der Waals surface area contributed by atoms with E-state index in [1.807, 2.05) is 0 Å². The number of carbonyl (C=O) groups is 1. The Labute approximate surface area is 103 Å². The van der Waals surface area contributed by atoms with E-state index in [9.17, 15) is 13.2 Å². The fraction of sp³-hybridized carbons (Fsp3) is 0.917. The van der Waals surface area contributed by atoms with Crippen LogP contribution in [0.2, 0.25) is 0 Å². The summed E-state index contributed by atoms with van der Waals surface area (Å²) in [6.45, 7) is 3.68.